The smallest absolute Gasteiger partial charge is 0.255 e. The van der Waals surface area contributed by atoms with Crippen LogP contribution in [-0.2, 0) is 4.74 Å². The van der Waals surface area contributed by atoms with Crippen LogP contribution in [-0.4, -0.2) is 25.2 Å². The summed E-state index contributed by atoms with van der Waals surface area (Å²) >= 11 is 6.84. The molecule has 1 heterocycles. The van der Waals surface area contributed by atoms with E-state index in [1.807, 2.05) is 24.3 Å². The van der Waals surface area contributed by atoms with Crippen LogP contribution in [0.1, 0.15) is 23.2 Å². The highest BCUT2D eigenvalue weighted by Crippen LogP contribution is 2.27. The second-order valence-corrected chi connectivity index (χ2v) is 7.32. The largest absolute Gasteiger partial charge is 0.490 e. The van der Waals surface area contributed by atoms with E-state index in [2.05, 4.69) is 37.2 Å². The average Bonchev–Trinajstić information content (AvgIpc) is 3.09. The number of rotatable bonds is 5. The van der Waals surface area contributed by atoms with Gasteiger partial charge in [0.05, 0.1) is 10.6 Å². The first-order valence-electron chi connectivity index (χ1n) is 7.73. The Kier molecular flexibility index (Phi) is 5.92. The second-order valence-electron chi connectivity index (χ2n) is 5.55. The van der Waals surface area contributed by atoms with Gasteiger partial charge in [-0.3, -0.25) is 4.79 Å². The molecule has 2 aromatic carbocycles. The molecule has 1 saturated heterocycles. The highest BCUT2D eigenvalue weighted by Gasteiger charge is 2.17. The number of ether oxygens (including phenoxy) is 2. The van der Waals surface area contributed by atoms with E-state index in [0.717, 1.165) is 34.1 Å². The van der Waals surface area contributed by atoms with Gasteiger partial charge in [0.2, 0.25) is 0 Å². The maximum Gasteiger partial charge on any atom is 0.255 e. The van der Waals surface area contributed by atoms with Crippen LogP contribution in [0.3, 0.4) is 0 Å². The van der Waals surface area contributed by atoms with Crippen molar-refractivity contribution in [3.05, 3.63) is 57.0 Å². The number of nitrogens with one attached hydrogen (secondary N) is 1. The lowest BCUT2D eigenvalue weighted by Gasteiger charge is -2.13. The molecule has 1 aliphatic rings. The summed E-state index contributed by atoms with van der Waals surface area (Å²) in [7, 11) is 0. The number of benzene rings is 2. The highest BCUT2D eigenvalue weighted by atomic mass is 79.9. The van der Waals surface area contributed by atoms with Crippen LogP contribution in [0.15, 0.2) is 51.4 Å². The van der Waals surface area contributed by atoms with Crippen molar-refractivity contribution in [2.45, 2.75) is 18.9 Å². The number of carbonyl (C=O) groups excluding carboxylic acids is 1. The summed E-state index contributed by atoms with van der Waals surface area (Å²) in [4.78, 5) is 12.3. The van der Waals surface area contributed by atoms with E-state index in [9.17, 15) is 4.79 Å². The fraction of sp³-hybridized carbons (Fsp3) is 0.278. The van der Waals surface area contributed by atoms with Crippen LogP contribution >= 0.6 is 31.9 Å². The molecule has 0 saturated carbocycles. The molecule has 0 radical (unpaired) electrons. The second kappa shape index (κ2) is 8.14. The number of carbonyl (C=O) groups is 1. The lowest BCUT2D eigenvalue weighted by Crippen LogP contribution is -2.16. The molecule has 1 aliphatic heterocycles. The van der Waals surface area contributed by atoms with Gasteiger partial charge in [-0.1, -0.05) is 15.9 Å². The predicted molar refractivity (Wildman–Crippen MR) is 101 cm³/mol. The molecule has 24 heavy (non-hydrogen) atoms. The monoisotopic (exact) mass is 453 g/mol. The van der Waals surface area contributed by atoms with E-state index in [4.69, 9.17) is 9.47 Å². The van der Waals surface area contributed by atoms with Gasteiger partial charge in [-0.05, 0) is 71.2 Å². The van der Waals surface area contributed by atoms with E-state index in [1.54, 1.807) is 18.2 Å². The van der Waals surface area contributed by atoms with Crippen LogP contribution in [0.25, 0.3) is 0 Å². The zero-order valence-corrected chi connectivity index (χ0v) is 16.1. The predicted octanol–water partition coefficient (Wildman–Crippen LogP) is 5.02. The first-order chi connectivity index (χ1) is 11.6. The molecular weight excluding hydrogens is 438 g/mol. The van der Waals surface area contributed by atoms with E-state index < -0.39 is 0 Å². The van der Waals surface area contributed by atoms with Crippen LogP contribution in [0.5, 0.6) is 5.75 Å². The van der Waals surface area contributed by atoms with Crippen molar-refractivity contribution in [3.63, 3.8) is 0 Å². The Morgan fingerprint density at radius 1 is 1.21 bits per heavy atom. The number of amides is 1. The molecule has 2 aromatic rings. The molecular formula is C18H17Br2NO3. The van der Waals surface area contributed by atoms with Crippen LogP contribution in [0.2, 0.25) is 0 Å². The molecule has 6 heteroatoms. The zero-order valence-electron chi connectivity index (χ0n) is 12.9. The molecule has 1 atom stereocenters. The fourth-order valence-corrected chi connectivity index (χ4v) is 3.21. The fourth-order valence-electron chi connectivity index (χ4n) is 2.45. The Morgan fingerprint density at radius 2 is 2.00 bits per heavy atom. The molecule has 0 bridgehead atoms. The third-order valence-corrected chi connectivity index (χ3v) is 4.89. The maximum absolute atomic E-state index is 12.3. The normalized spacial score (nSPS) is 16.8. The molecule has 0 aromatic heterocycles. The molecule has 3 rings (SSSR count). The third kappa shape index (κ3) is 4.59. The molecule has 1 N–H and O–H groups in total. The zero-order chi connectivity index (χ0) is 16.9. The standard InChI is InChI=1S/C18H17Br2NO3/c19-13-4-6-14(7-5-13)21-18(22)12-3-8-17(16(20)10-12)24-11-15-2-1-9-23-15/h3-8,10,15H,1-2,9,11H2,(H,21,22)/t15-/m0/s1. The topological polar surface area (TPSA) is 47.6 Å². The lowest BCUT2D eigenvalue weighted by atomic mass is 10.2. The minimum atomic E-state index is -0.163. The average molecular weight is 455 g/mol. The van der Waals surface area contributed by atoms with Crippen molar-refractivity contribution in [2.75, 3.05) is 18.5 Å². The van der Waals surface area contributed by atoms with Crippen molar-refractivity contribution in [1.82, 2.24) is 0 Å². The van der Waals surface area contributed by atoms with Gasteiger partial charge >= 0.3 is 0 Å². The van der Waals surface area contributed by atoms with Crippen molar-refractivity contribution in [2.24, 2.45) is 0 Å². The minimum absolute atomic E-state index is 0.163. The van der Waals surface area contributed by atoms with Crippen LogP contribution in [0, 0.1) is 0 Å². The van der Waals surface area contributed by atoms with E-state index in [-0.39, 0.29) is 12.0 Å². The lowest BCUT2D eigenvalue weighted by molar-refractivity contribution is 0.0677. The summed E-state index contributed by atoms with van der Waals surface area (Å²) in [5.74, 6) is 0.550. The number of hydrogen-bond donors (Lipinski definition) is 1. The van der Waals surface area contributed by atoms with Gasteiger partial charge in [-0.2, -0.15) is 0 Å². The van der Waals surface area contributed by atoms with Gasteiger partial charge < -0.3 is 14.8 Å². The van der Waals surface area contributed by atoms with Gasteiger partial charge in [0.25, 0.3) is 5.91 Å². The minimum Gasteiger partial charge on any atom is -0.490 e. The Balaban J connectivity index is 1.62. The highest BCUT2D eigenvalue weighted by molar-refractivity contribution is 9.10. The van der Waals surface area contributed by atoms with Gasteiger partial charge in [0, 0.05) is 22.3 Å². The van der Waals surface area contributed by atoms with E-state index in [0.29, 0.717) is 17.9 Å². The van der Waals surface area contributed by atoms with Crippen molar-refractivity contribution < 1.29 is 14.3 Å². The molecule has 0 aliphatic carbocycles. The van der Waals surface area contributed by atoms with Gasteiger partial charge in [0.1, 0.15) is 12.4 Å². The summed E-state index contributed by atoms with van der Waals surface area (Å²) in [6.07, 6.45) is 2.28. The maximum atomic E-state index is 12.3. The summed E-state index contributed by atoms with van der Waals surface area (Å²) < 4.78 is 13.0. The number of hydrogen-bond acceptors (Lipinski definition) is 3. The first kappa shape index (κ1) is 17.5. The van der Waals surface area contributed by atoms with Gasteiger partial charge in [0.15, 0.2) is 0 Å². The SMILES string of the molecule is O=C(Nc1ccc(Br)cc1)c1ccc(OC[C@@H]2CCCO2)c(Br)c1. The molecule has 1 amide bonds. The summed E-state index contributed by atoms with van der Waals surface area (Å²) in [6, 6.07) is 12.8. The molecule has 1 fully saturated rings. The number of halogens is 2. The van der Waals surface area contributed by atoms with Crippen LogP contribution < -0.4 is 10.1 Å². The molecule has 0 spiro atoms. The Hall–Kier alpha value is -1.37. The Bertz CT molecular complexity index is 713. The number of anilines is 1. The summed E-state index contributed by atoms with van der Waals surface area (Å²) in [6.45, 7) is 1.34. The first-order valence-corrected chi connectivity index (χ1v) is 9.31. The van der Waals surface area contributed by atoms with Crippen molar-refractivity contribution in [3.8, 4) is 5.75 Å². The third-order valence-electron chi connectivity index (χ3n) is 3.74. The molecule has 126 valence electrons. The Morgan fingerprint density at radius 3 is 2.67 bits per heavy atom. The quantitative estimate of drug-likeness (QED) is 0.689. The Labute approximate surface area is 157 Å². The molecule has 4 nitrogen and oxygen atoms in total. The van der Waals surface area contributed by atoms with Crippen molar-refractivity contribution >= 4 is 43.5 Å². The summed E-state index contributed by atoms with van der Waals surface area (Å²) in [5, 5.41) is 2.87. The van der Waals surface area contributed by atoms with Gasteiger partial charge in [-0.15, -0.1) is 0 Å². The van der Waals surface area contributed by atoms with E-state index >= 15 is 0 Å². The van der Waals surface area contributed by atoms with E-state index in [1.165, 1.54) is 0 Å². The molecule has 0 unspecified atom stereocenters. The summed E-state index contributed by atoms with van der Waals surface area (Å²) in [5.41, 5.74) is 1.31. The van der Waals surface area contributed by atoms with Gasteiger partial charge in [-0.25, -0.2) is 0 Å². The van der Waals surface area contributed by atoms with Crippen LogP contribution in [0.4, 0.5) is 5.69 Å². The van der Waals surface area contributed by atoms with Crippen molar-refractivity contribution in [1.29, 1.82) is 0 Å².